The summed E-state index contributed by atoms with van der Waals surface area (Å²) >= 11 is 0. The number of rotatable bonds is 6. The molecule has 0 N–H and O–H groups in total. The number of allylic oxidation sites excluding steroid dienone is 3. The van der Waals surface area contributed by atoms with Gasteiger partial charge in [-0.2, -0.15) is 0 Å². The molecule has 0 spiro atoms. The smallest absolute Gasteiger partial charge is 0.152 e. The number of ketones is 1. The maximum absolute atomic E-state index is 10.5. The van der Waals surface area contributed by atoms with Crippen molar-refractivity contribution in [3.8, 4) is 0 Å². The molecule has 0 aliphatic carbocycles. The molecule has 72 valence electrons. The third-order valence-electron chi connectivity index (χ3n) is 1.30. The number of carbonyl (C=O) groups excluding carboxylic acids is 1. The Morgan fingerprint density at radius 3 is 2.62 bits per heavy atom. The number of hydrogen-bond donors (Lipinski definition) is 0. The van der Waals surface area contributed by atoms with Crippen molar-refractivity contribution in [3.63, 3.8) is 0 Å². The second-order valence-electron chi connectivity index (χ2n) is 2.63. The zero-order valence-corrected chi connectivity index (χ0v) is 9.10. The molecule has 0 fully saturated rings. The summed E-state index contributed by atoms with van der Waals surface area (Å²) in [5.41, 5.74) is 0. The van der Waals surface area contributed by atoms with Gasteiger partial charge in [0, 0.05) is 13.1 Å². The topological polar surface area (TPSA) is 20.3 Å². The molecule has 2 nitrogen and oxygen atoms in total. The van der Waals surface area contributed by atoms with Gasteiger partial charge in [-0.05, 0) is 13.0 Å². The molecule has 0 aromatic rings. The van der Waals surface area contributed by atoms with Gasteiger partial charge >= 0.3 is 0 Å². The van der Waals surface area contributed by atoms with Crippen LogP contribution in [0.1, 0.15) is 6.92 Å². The Hall–Kier alpha value is -0.720. The van der Waals surface area contributed by atoms with E-state index in [4.69, 9.17) is 0 Å². The fourth-order valence-corrected chi connectivity index (χ4v) is 0.965. The summed E-state index contributed by atoms with van der Waals surface area (Å²) in [7, 11) is 2.60. The Morgan fingerprint density at radius 2 is 2.08 bits per heavy atom. The van der Waals surface area contributed by atoms with Gasteiger partial charge in [0.1, 0.15) is 0 Å². The summed E-state index contributed by atoms with van der Waals surface area (Å²) in [5, 5.41) is 0. The van der Waals surface area contributed by atoms with Gasteiger partial charge in [-0.3, -0.25) is 9.46 Å². The molecule has 0 heterocycles. The van der Waals surface area contributed by atoms with E-state index < -0.39 is 0 Å². The zero-order valence-electron chi connectivity index (χ0n) is 7.94. The van der Waals surface area contributed by atoms with E-state index in [1.807, 2.05) is 22.9 Å². The van der Waals surface area contributed by atoms with E-state index in [1.165, 1.54) is 0 Å². The van der Waals surface area contributed by atoms with Gasteiger partial charge in [0.25, 0.3) is 0 Å². The summed E-state index contributed by atoms with van der Waals surface area (Å²) in [6, 6.07) is 0. The molecule has 0 rings (SSSR count). The normalized spacial score (nSPS) is 11.6. The van der Waals surface area contributed by atoms with Crippen molar-refractivity contribution in [2.24, 2.45) is 0 Å². The van der Waals surface area contributed by atoms with E-state index in [0.717, 1.165) is 13.1 Å². The highest BCUT2D eigenvalue weighted by Crippen LogP contribution is 1.97. The standard InChI is InChI=1S/C10H16NOP/c1-3-4-5-8-11(13)9-6-7-10(2)12/h3-7H,1,8-9,13H2,2H3/b5-4+,7-6+. The number of carbonyl (C=O) groups is 1. The molecular formula is C10H16NOP. The first kappa shape index (κ1) is 12.3. The fraction of sp³-hybridized carbons (Fsp3) is 0.300. The summed E-state index contributed by atoms with van der Waals surface area (Å²) in [6.45, 7) is 6.70. The molecule has 0 aliphatic rings. The number of hydrogen-bond acceptors (Lipinski definition) is 2. The van der Waals surface area contributed by atoms with Crippen LogP contribution in [0.15, 0.2) is 37.0 Å². The van der Waals surface area contributed by atoms with Crippen LogP contribution in [0.2, 0.25) is 0 Å². The van der Waals surface area contributed by atoms with E-state index in [0.29, 0.717) is 0 Å². The quantitative estimate of drug-likeness (QED) is 0.368. The van der Waals surface area contributed by atoms with Crippen molar-refractivity contribution in [1.29, 1.82) is 0 Å². The molecule has 0 saturated heterocycles. The predicted molar refractivity (Wildman–Crippen MR) is 60.4 cm³/mol. The molecule has 0 amide bonds. The minimum Gasteiger partial charge on any atom is -0.295 e. The third-order valence-corrected chi connectivity index (χ3v) is 1.73. The minimum atomic E-state index is 0.0834. The second kappa shape index (κ2) is 7.90. The molecule has 1 unspecified atom stereocenters. The van der Waals surface area contributed by atoms with Gasteiger partial charge in [-0.15, -0.1) is 0 Å². The van der Waals surface area contributed by atoms with Crippen molar-refractivity contribution in [3.05, 3.63) is 37.0 Å². The molecule has 0 saturated carbocycles. The highest BCUT2D eigenvalue weighted by Gasteiger charge is 1.90. The Balaban J connectivity index is 3.62. The molecule has 1 atom stereocenters. The monoisotopic (exact) mass is 197 g/mol. The summed E-state index contributed by atoms with van der Waals surface area (Å²) in [5.74, 6) is 0.0834. The summed E-state index contributed by atoms with van der Waals surface area (Å²) < 4.78 is 2.01. The van der Waals surface area contributed by atoms with Crippen molar-refractivity contribution >= 4 is 15.2 Å². The Bertz CT molecular complexity index is 221. The van der Waals surface area contributed by atoms with Crippen molar-refractivity contribution in [1.82, 2.24) is 4.67 Å². The van der Waals surface area contributed by atoms with Crippen LogP contribution in [-0.2, 0) is 4.79 Å². The van der Waals surface area contributed by atoms with Gasteiger partial charge in [0.2, 0.25) is 0 Å². The lowest BCUT2D eigenvalue weighted by Gasteiger charge is -2.09. The van der Waals surface area contributed by atoms with E-state index in [9.17, 15) is 4.79 Å². The third kappa shape index (κ3) is 9.19. The molecular weight excluding hydrogens is 181 g/mol. The van der Waals surface area contributed by atoms with Crippen molar-refractivity contribution in [2.75, 3.05) is 13.1 Å². The maximum atomic E-state index is 10.5. The largest absolute Gasteiger partial charge is 0.295 e. The molecule has 3 heteroatoms. The highest BCUT2D eigenvalue weighted by molar-refractivity contribution is 7.13. The van der Waals surface area contributed by atoms with Gasteiger partial charge in [-0.25, -0.2) is 0 Å². The Morgan fingerprint density at radius 1 is 1.46 bits per heavy atom. The first-order valence-corrected chi connectivity index (χ1v) is 4.62. The number of nitrogens with zero attached hydrogens (tertiary/aromatic N) is 1. The van der Waals surface area contributed by atoms with Crippen LogP contribution in [0.5, 0.6) is 0 Å². The molecule has 0 radical (unpaired) electrons. The second-order valence-corrected chi connectivity index (χ2v) is 3.36. The minimum absolute atomic E-state index is 0.0834. The van der Waals surface area contributed by atoms with Gasteiger partial charge in [0.05, 0.1) is 0 Å². The van der Waals surface area contributed by atoms with Crippen molar-refractivity contribution in [2.45, 2.75) is 6.92 Å². The molecule has 0 aromatic heterocycles. The molecule has 0 bridgehead atoms. The average molecular weight is 197 g/mol. The van der Waals surface area contributed by atoms with E-state index in [1.54, 1.807) is 19.1 Å². The first-order valence-electron chi connectivity index (χ1n) is 4.11. The van der Waals surface area contributed by atoms with E-state index in [2.05, 4.69) is 16.0 Å². The zero-order chi connectivity index (χ0) is 10.1. The molecule has 0 aliphatic heterocycles. The van der Waals surface area contributed by atoms with Gasteiger partial charge < -0.3 is 0 Å². The van der Waals surface area contributed by atoms with Crippen LogP contribution >= 0.6 is 9.39 Å². The molecule has 13 heavy (non-hydrogen) atoms. The highest BCUT2D eigenvalue weighted by atomic mass is 31.0. The summed E-state index contributed by atoms with van der Waals surface area (Å²) in [6.07, 6.45) is 9.06. The lowest BCUT2D eigenvalue weighted by molar-refractivity contribution is -0.112. The fourth-order valence-electron chi connectivity index (χ4n) is 0.721. The van der Waals surface area contributed by atoms with Crippen LogP contribution in [-0.4, -0.2) is 23.5 Å². The van der Waals surface area contributed by atoms with Crippen LogP contribution in [0, 0.1) is 0 Å². The van der Waals surface area contributed by atoms with Crippen LogP contribution in [0.3, 0.4) is 0 Å². The van der Waals surface area contributed by atoms with Crippen LogP contribution in [0.4, 0.5) is 0 Å². The Labute approximate surface area is 82.3 Å². The lowest BCUT2D eigenvalue weighted by Crippen LogP contribution is -2.10. The van der Waals surface area contributed by atoms with E-state index in [-0.39, 0.29) is 5.78 Å². The average Bonchev–Trinajstić information content (AvgIpc) is 2.04. The van der Waals surface area contributed by atoms with Crippen LogP contribution in [0.25, 0.3) is 0 Å². The molecule has 0 aromatic carbocycles. The Kier molecular flexibility index (Phi) is 7.47. The van der Waals surface area contributed by atoms with Gasteiger partial charge in [0.15, 0.2) is 5.78 Å². The van der Waals surface area contributed by atoms with Crippen LogP contribution < -0.4 is 0 Å². The van der Waals surface area contributed by atoms with E-state index >= 15 is 0 Å². The lowest BCUT2D eigenvalue weighted by atomic mass is 10.4. The van der Waals surface area contributed by atoms with Crippen molar-refractivity contribution < 1.29 is 4.79 Å². The SMILES string of the molecule is C=C/C=C/CN(P)C/C=C/C(C)=O. The predicted octanol–water partition coefficient (Wildman–Crippen LogP) is 1.97. The maximum Gasteiger partial charge on any atom is 0.152 e. The van der Waals surface area contributed by atoms with Gasteiger partial charge in [-0.1, -0.05) is 40.3 Å². The first-order chi connectivity index (χ1) is 6.16. The summed E-state index contributed by atoms with van der Waals surface area (Å²) in [4.78, 5) is 10.5.